The maximum absolute atomic E-state index is 12.7. The molecule has 1 spiro atoms. The Labute approximate surface area is 161 Å². The van der Waals surface area contributed by atoms with Crippen molar-refractivity contribution in [2.45, 2.75) is 64.2 Å². The van der Waals surface area contributed by atoms with E-state index in [-0.39, 0.29) is 11.5 Å². The van der Waals surface area contributed by atoms with Gasteiger partial charge in [-0.1, -0.05) is 6.92 Å². The molecule has 148 valence electrons. The van der Waals surface area contributed by atoms with Gasteiger partial charge in [0.05, 0.1) is 23.5 Å². The fourth-order valence-corrected chi connectivity index (χ4v) is 5.78. The van der Waals surface area contributed by atoms with Gasteiger partial charge in [0.25, 0.3) is 5.91 Å². The van der Waals surface area contributed by atoms with E-state index < -0.39 is 0 Å². The zero-order valence-electron chi connectivity index (χ0n) is 16.6. The number of aromatic nitrogens is 2. The first-order valence-corrected chi connectivity index (χ1v) is 10.8. The predicted octanol–water partition coefficient (Wildman–Crippen LogP) is 2.22. The van der Waals surface area contributed by atoms with Crippen LogP contribution < -0.4 is 5.32 Å². The van der Waals surface area contributed by atoms with Crippen molar-refractivity contribution < 1.29 is 9.53 Å². The second-order valence-electron chi connectivity index (χ2n) is 9.24. The Morgan fingerprint density at radius 2 is 2.26 bits per heavy atom. The zero-order valence-corrected chi connectivity index (χ0v) is 16.6. The minimum atomic E-state index is 0.0134. The summed E-state index contributed by atoms with van der Waals surface area (Å²) in [5, 5.41) is 7.57. The van der Waals surface area contributed by atoms with Crippen molar-refractivity contribution >= 4 is 5.91 Å². The summed E-state index contributed by atoms with van der Waals surface area (Å²) in [5.41, 5.74) is 1.76. The van der Waals surface area contributed by atoms with Crippen LogP contribution in [-0.4, -0.2) is 58.5 Å². The minimum absolute atomic E-state index is 0.0134. The van der Waals surface area contributed by atoms with Gasteiger partial charge in [0, 0.05) is 50.3 Å². The Bertz CT molecular complexity index is 728. The average molecular weight is 373 g/mol. The van der Waals surface area contributed by atoms with E-state index in [1.165, 1.54) is 25.8 Å². The number of ether oxygens (including phenoxy) is 1. The number of rotatable bonds is 7. The third-order valence-corrected chi connectivity index (χ3v) is 7.35. The van der Waals surface area contributed by atoms with E-state index in [2.05, 4.69) is 22.2 Å². The summed E-state index contributed by atoms with van der Waals surface area (Å²) >= 11 is 0. The van der Waals surface area contributed by atoms with Crippen molar-refractivity contribution in [3.05, 3.63) is 17.5 Å². The fraction of sp³-hybridized carbons (Fsp3) is 0.810. The number of nitrogens with one attached hydrogen (secondary N) is 1. The van der Waals surface area contributed by atoms with Crippen LogP contribution in [0.5, 0.6) is 0 Å². The van der Waals surface area contributed by atoms with E-state index in [4.69, 9.17) is 4.74 Å². The van der Waals surface area contributed by atoms with Crippen LogP contribution in [0, 0.1) is 24.7 Å². The number of nitrogens with zero attached hydrogens (tertiary/aromatic N) is 3. The van der Waals surface area contributed by atoms with Crippen molar-refractivity contribution in [1.82, 2.24) is 20.0 Å². The molecular formula is C21H32N4O2. The molecule has 6 heteroatoms. The fourth-order valence-electron chi connectivity index (χ4n) is 5.78. The second kappa shape index (κ2) is 6.59. The third-order valence-electron chi connectivity index (χ3n) is 7.35. The first-order valence-electron chi connectivity index (χ1n) is 10.8. The molecule has 1 aliphatic carbocycles. The highest BCUT2D eigenvalue weighted by Crippen LogP contribution is 2.55. The molecule has 1 aromatic heterocycles. The number of hydrogen-bond donors (Lipinski definition) is 1. The average Bonchev–Trinajstić information content (AvgIpc) is 2.99. The lowest BCUT2D eigenvalue weighted by molar-refractivity contribution is 0.00244. The van der Waals surface area contributed by atoms with Crippen LogP contribution in [0.2, 0.25) is 0 Å². The number of carbonyl (C=O) groups is 1. The summed E-state index contributed by atoms with van der Waals surface area (Å²) in [6.45, 7) is 9.21. The van der Waals surface area contributed by atoms with Gasteiger partial charge in [0.2, 0.25) is 0 Å². The molecule has 0 aromatic carbocycles. The number of likely N-dealkylation sites (tertiary alicyclic amines) is 1. The number of carbonyl (C=O) groups excluding carboxylic acids is 1. The van der Waals surface area contributed by atoms with Gasteiger partial charge >= 0.3 is 0 Å². The Morgan fingerprint density at radius 3 is 3.04 bits per heavy atom. The first-order chi connectivity index (χ1) is 13.1. The van der Waals surface area contributed by atoms with Gasteiger partial charge < -0.3 is 10.1 Å². The van der Waals surface area contributed by atoms with Crippen LogP contribution in [0.1, 0.15) is 55.1 Å². The van der Waals surface area contributed by atoms with Gasteiger partial charge in [-0.25, -0.2) is 0 Å². The standard InChI is InChI=1S/C21H32N4O2/c1-3-8-25-14(2)16(10-23-25)20(26)22-9-17-18-12-24(11-15-4-5-15)13-21(18)7-6-19(17)27-21/h10,15,17-19H,3-9,11-13H2,1-2H3,(H,22,26)/t17-,18+,19+,21+/m0/s1. The molecule has 3 aliphatic heterocycles. The van der Waals surface area contributed by atoms with Gasteiger partial charge in [-0.2, -0.15) is 5.10 Å². The Balaban J connectivity index is 1.23. The van der Waals surface area contributed by atoms with Gasteiger partial charge in [-0.05, 0) is 44.9 Å². The van der Waals surface area contributed by atoms with Crippen LogP contribution in [0.25, 0.3) is 0 Å². The lowest BCUT2D eigenvalue weighted by atomic mass is 9.73. The minimum Gasteiger partial charge on any atom is -0.370 e. The maximum atomic E-state index is 12.7. The van der Waals surface area contributed by atoms with Crippen LogP contribution in [0.4, 0.5) is 0 Å². The monoisotopic (exact) mass is 372 g/mol. The lowest BCUT2D eigenvalue weighted by Crippen LogP contribution is -2.42. The molecule has 6 nitrogen and oxygen atoms in total. The molecule has 3 saturated heterocycles. The highest BCUT2D eigenvalue weighted by Gasteiger charge is 2.62. The number of amides is 1. The van der Waals surface area contributed by atoms with Crippen molar-refractivity contribution in [3.8, 4) is 0 Å². The molecule has 1 saturated carbocycles. The number of hydrogen-bond acceptors (Lipinski definition) is 4. The van der Waals surface area contributed by atoms with Crippen LogP contribution >= 0.6 is 0 Å². The molecule has 27 heavy (non-hydrogen) atoms. The van der Waals surface area contributed by atoms with E-state index in [1.54, 1.807) is 6.20 Å². The molecule has 4 fully saturated rings. The summed E-state index contributed by atoms with van der Waals surface area (Å²) in [6, 6.07) is 0. The van der Waals surface area contributed by atoms with E-state index >= 15 is 0 Å². The second-order valence-corrected chi connectivity index (χ2v) is 9.24. The highest BCUT2D eigenvalue weighted by molar-refractivity contribution is 5.95. The molecule has 5 rings (SSSR count). The molecular weight excluding hydrogens is 340 g/mol. The van der Waals surface area contributed by atoms with Crippen molar-refractivity contribution in [1.29, 1.82) is 0 Å². The molecule has 1 aromatic rings. The normalized spacial score (nSPS) is 35.0. The highest BCUT2D eigenvalue weighted by atomic mass is 16.5. The molecule has 0 radical (unpaired) electrons. The summed E-state index contributed by atoms with van der Waals surface area (Å²) in [6.07, 6.45) is 8.24. The van der Waals surface area contributed by atoms with Gasteiger partial charge in [0.1, 0.15) is 0 Å². The van der Waals surface area contributed by atoms with Gasteiger partial charge in [-0.3, -0.25) is 14.4 Å². The SMILES string of the molecule is CCCn1ncc(C(=O)NC[C@H]2[C@H]3CN(CC4CC4)C[C@]34CC[C@H]2O4)c1C. The quantitative estimate of drug-likeness (QED) is 0.797. The molecule has 1 N–H and O–H groups in total. The van der Waals surface area contributed by atoms with Crippen molar-refractivity contribution in [3.63, 3.8) is 0 Å². The van der Waals surface area contributed by atoms with Crippen molar-refractivity contribution in [2.24, 2.45) is 17.8 Å². The van der Waals surface area contributed by atoms with Crippen LogP contribution in [-0.2, 0) is 11.3 Å². The van der Waals surface area contributed by atoms with Crippen molar-refractivity contribution in [2.75, 3.05) is 26.2 Å². The Morgan fingerprint density at radius 1 is 1.41 bits per heavy atom. The molecule has 0 unspecified atom stereocenters. The zero-order chi connectivity index (χ0) is 18.6. The lowest BCUT2D eigenvalue weighted by Gasteiger charge is -2.29. The van der Waals surface area contributed by atoms with Crippen LogP contribution in [0.15, 0.2) is 6.20 Å². The van der Waals surface area contributed by atoms with E-state index in [0.717, 1.165) is 50.6 Å². The van der Waals surface area contributed by atoms with Gasteiger partial charge in [-0.15, -0.1) is 0 Å². The number of aryl methyl sites for hydroxylation is 1. The maximum Gasteiger partial charge on any atom is 0.254 e. The van der Waals surface area contributed by atoms with E-state index in [0.29, 0.717) is 23.5 Å². The summed E-state index contributed by atoms with van der Waals surface area (Å²) in [5.74, 6) is 1.98. The number of fused-ring (bicyclic) bond motifs is 1. The molecule has 4 aliphatic rings. The summed E-state index contributed by atoms with van der Waals surface area (Å²) in [4.78, 5) is 15.4. The first kappa shape index (κ1) is 17.7. The Hall–Kier alpha value is -1.40. The van der Waals surface area contributed by atoms with E-state index in [9.17, 15) is 4.79 Å². The molecule has 2 bridgehead atoms. The summed E-state index contributed by atoms with van der Waals surface area (Å²) in [7, 11) is 0. The topological polar surface area (TPSA) is 59.4 Å². The summed E-state index contributed by atoms with van der Waals surface area (Å²) < 4.78 is 8.44. The predicted molar refractivity (Wildman–Crippen MR) is 103 cm³/mol. The van der Waals surface area contributed by atoms with Crippen LogP contribution in [0.3, 0.4) is 0 Å². The van der Waals surface area contributed by atoms with Gasteiger partial charge in [0.15, 0.2) is 0 Å². The molecule has 4 atom stereocenters. The molecule has 4 heterocycles. The molecule has 1 amide bonds. The Kier molecular flexibility index (Phi) is 4.32. The largest absolute Gasteiger partial charge is 0.370 e. The van der Waals surface area contributed by atoms with E-state index in [1.807, 2.05) is 11.6 Å². The third kappa shape index (κ3) is 3.01. The smallest absolute Gasteiger partial charge is 0.254 e.